The highest BCUT2D eigenvalue weighted by atomic mass is 32.1. The van der Waals surface area contributed by atoms with E-state index in [1.165, 1.54) is 0 Å². The molecular formula is C19H18N2O3S. The summed E-state index contributed by atoms with van der Waals surface area (Å²) in [4.78, 5) is 0. The van der Waals surface area contributed by atoms with Gasteiger partial charge in [-0.25, -0.2) is 0 Å². The highest BCUT2D eigenvalue weighted by molar-refractivity contribution is 7.54. The minimum atomic E-state index is 0.215. The maximum Gasteiger partial charge on any atom is 0.205 e. The zero-order valence-electron chi connectivity index (χ0n) is 14.3. The van der Waals surface area contributed by atoms with Crippen molar-refractivity contribution in [3.63, 3.8) is 0 Å². The minimum Gasteiger partial charge on any atom is -0.377 e. The van der Waals surface area contributed by atoms with Crippen LogP contribution in [-0.4, -0.2) is 16.5 Å². The number of aromatic nitrogens is 1. The smallest absolute Gasteiger partial charge is 0.205 e. The lowest BCUT2D eigenvalue weighted by molar-refractivity contribution is 0.156. The average molecular weight is 354 g/mol. The number of hydrogen-bond acceptors (Lipinski definition) is 5. The minimum absolute atomic E-state index is 0.215. The molecule has 0 saturated heterocycles. The Labute approximate surface area is 149 Å². The number of nitrogens with zero attached hydrogens (tertiary/aromatic N) is 2. The van der Waals surface area contributed by atoms with E-state index in [0.717, 1.165) is 33.5 Å². The Morgan fingerprint density at radius 1 is 1.16 bits per heavy atom. The molecule has 0 N–H and O–H groups in total. The third-order valence-corrected chi connectivity index (χ3v) is 4.37. The molecule has 0 saturated carbocycles. The molecule has 0 aliphatic carbocycles. The molecule has 0 bridgehead atoms. The van der Waals surface area contributed by atoms with Crippen LogP contribution in [0.3, 0.4) is 0 Å². The van der Waals surface area contributed by atoms with Crippen LogP contribution in [0.4, 0.5) is 5.69 Å². The first-order valence-electron chi connectivity index (χ1n) is 7.80. The molecular weight excluding hydrogens is 336 g/mol. The summed E-state index contributed by atoms with van der Waals surface area (Å²) in [6.07, 6.45) is 0. The first-order valence-corrected chi connectivity index (χ1v) is 8.50. The predicted molar refractivity (Wildman–Crippen MR) is 97.8 cm³/mol. The van der Waals surface area contributed by atoms with Gasteiger partial charge >= 0.3 is 0 Å². The van der Waals surface area contributed by atoms with Crippen LogP contribution in [0, 0.1) is 13.8 Å². The second-order valence-corrected chi connectivity index (χ2v) is 6.03. The normalized spacial score (nSPS) is 10.7. The molecule has 0 unspecified atom stereocenters. The van der Waals surface area contributed by atoms with E-state index in [0.29, 0.717) is 18.1 Å². The number of hydrogen-bond donors (Lipinski definition) is 0. The number of methoxy groups -OCH3 is 1. The maximum atomic E-state index is 11.0. The summed E-state index contributed by atoms with van der Waals surface area (Å²) in [5, 5.41) is 4.27. The summed E-state index contributed by atoms with van der Waals surface area (Å²) >= 11 is 0.215. The van der Waals surface area contributed by atoms with Crippen LogP contribution in [0.1, 0.15) is 16.9 Å². The van der Waals surface area contributed by atoms with E-state index >= 15 is 0 Å². The van der Waals surface area contributed by atoms with Crippen LogP contribution in [-0.2, 0) is 22.8 Å². The largest absolute Gasteiger partial charge is 0.377 e. The molecule has 1 heterocycles. The van der Waals surface area contributed by atoms with E-state index in [9.17, 15) is 4.21 Å². The van der Waals surface area contributed by atoms with Gasteiger partial charge in [0.2, 0.25) is 11.5 Å². The standard InChI is InChI=1S/C19H18N2O3S/c1-12-9-10-15(13(2)18(12)21-25-22)17-16(11-23-3)24-20-19(17)14-7-5-4-6-8-14/h4-10H,11H2,1-3H3. The van der Waals surface area contributed by atoms with Crippen LogP contribution < -0.4 is 0 Å². The predicted octanol–water partition coefficient (Wildman–Crippen LogP) is 4.80. The zero-order chi connectivity index (χ0) is 17.8. The molecule has 2 aromatic carbocycles. The van der Waals surface area contributed by atoms with Crippen LogP contribution in [0.15, 0.2) is 51.4 Å². The van der Waals surface area contributed by atoms with Crippen LogP contribution in [0.5, 0.6) is 0 Å². The fraction of sp³-hybridized carbons (Fsp3) is 0.211. The number of benzene rings is 2. The summed E-state index contributed by atoms with van der Waals surface area (Å²) in [7, 11) is 1.62. The van der Waals surface area contributed by atoms with Crippen molar-refractivity contribution in [3.8, 4) is 22.4 Å². The van der Waals surface area contributed by atoms with Gasteiger partial charge in [0.05, 0.1) is 11.3 Å². The highest BCUT2D eigenvalue weighted by Gasteiger charge is 2.22. The topological polar surface area (TPSA) is 64.7 Å². The molecule has 3 aromatic rings. The Balaban J connectivity index is 2.28. The number of ether oxygens (including phenoxy) is 1. The second kappa shape index (κ2) is 7.55. The summed E-state index contributed by atoms with van der Waals surface area (Å²) in [5.74, 6) is 0.647. The van der Waals surface area contributed by atoms with Gasteiger partial charge < -0.3 is 9.26 Å². The summed E-state index contributed by atoms with van der Waals surface area (Å²) < 4.78 is 25.8. The summed E-state index contributed by atoms with van der Waals surface area (Å²) in [5.41, 5.74) is 6.09. The van der Waals surface area contributed by atoms with Gasteiger partial charge in [-0.05, 0) is 30.5 Å². The van der Waals surface area contributed by atoms with E-state index in [1.54, 1.807) is 7.11 Å². The molecule has 0 fully saturated rings. The average Bonchev–Trinajstić information content (AvgIpc) is 3.03. The maximum absolute atomic E-state index is 11.0. The van der Waals surface area contributed by atoms with Crippen LogP contribution in [0.25, 0.3) is 22.4 Å². The van der Waals surface area contributed by atoms with E-state index in [1.807, 2.05) is 56.3 Å². The fourth-order valence-corrected chi connectivity index (χ4v) is 3.26. The molecule has 128 valence electrons. The molecule has 0 atom stereocenters. The lowest BCUT2D eigenvalue weighted by Crippen LogP contribution is -1.93. The molecule has 5 nitrogen and oxygen atoms in total. The molecule has 0 aliphatic rings. The fourth-order valence-electron chi connectivity index (χ4n) is 2.91. The second-order valence-electron chi connectivity index (χ2n) is 5.70. The Morgan fingerprint density at radius 2 is 1.92 bits per heavy atom. The van der Waals surface area contributed by atoms with Crippen molar-refractivity contribution in [1.29, 1.82) is 0 Å². The van der Waals surface area contributed by atoms with E-state index < -0.39 is 0 Å². The number of aryl methyl sites for hydroxylation is 1. The van der Waals surface area contributed by atoms with Crippen molar-refractivity contribution in [1.82, 2.24) is 5.16 Å². The van der Waals surface area contributed by atoms with Crippen LogP contribution in [0.2, 0.25) is 0 Å². The number of rotatable bonds is 5. The third-order valence-electron chi connectivity index (χ3n) is 4.12. The first-order chi connectivity index (χ1) is 12.2. The Morgan fingerprint density at radius 3 is 2.60 bits per heavy atom. The van der Waals surface area contributed by atoms with Crippen LogP contribution >= 0.6 is 0 Å². The van der Waals surface area contributed by atoms with Crippen molar-refractivity contribution in [2.24, 2.45) is 4.36 Å². The SMILES string of the molecule is COCc1onc(-c2ccccc2)c1-c1ccc(C)c(N=S=O)c1C. The van der Waals surface area contributed by atoms with E-state index in [2.05, 4.69) is 9.52 Å². The first kappa shape index (κ1) is 17.3. The van der Waals surface area contributed by atoms with Crippen molar-refractivity contribution >= 4 is 17.2 Å². The van der Waals surface area contributed by atoms with Gasteiger partial charge in [-0.2, -0.15) is 8.57 Å². The summed E-state index contributed by atoms with van der Waals surface area (Å²) in [6, 6.07) is 13.8. The molecule has 1 aromatic heterocycles. The Bertz CT molecular complexity index is 945. The lowest BCUT2D eigenvalue weighted by Gasteiger charge is -2.11. The Kier molecular flexibility index (Phi) is 5.21. The van der Waals surface area contributed by atoms with Gasteiger partial charge in [-0.15, -0.1) is 0 Å². The van der Waals surface area contributed by atoms with Gasteiger partial charge in [-0.1, -0.05) is 47.6 Å². The molecule has 3 rings (SSSR count). The van der Waals surface area contributed by atoms with Crippen molar-refractivity contribution in [2.75, 3.05) is 7.11 Å². The van der Waals surface area contributed by atoms with E-state index in [4.69, 9.17) is 9.26 Å². The Hall–Kier alpha value is -2.57. The van der Waals surface area contributed by atoms with E-state index in [-0.39, 0.29) is 11.5 Å². The molecule has 0 spiro atoms. The molecule has 0 radical (unpaired) electrons. The summed E-state index contributed by atoms with van der Waals surface area (Å²) in [6.45, 7) is 4.20. The molecule has 6 heteroatoms. The quantitative estimate of drug-likeness (QED) is 0.660. The van der Waals surface area contributed by atoms with Crippen molar-refractivity contribution in [2.45, 2.75) is 20.5 Å². The van der Waals surface area contributed by atoms with Gasteiger partial charge in [0, 0.05) is 12.7 Å². The highest BCUT2D eigenvalue weighted by Crippen LogP contribution is 2.40. The monoisotopic (exact) mass is 354 g/mol. The van der Waals surface area contributed by atoms with Gasteiger partial charge in [-0.3, -0.25) is 0 Å². The van der Waals surface area contributed by atoms with Crippen molar-refractivity contribution < 1.29 is 13.5 Å². The van der Waals surface area contributed by atoms with Gasteiger partial charge in [0.25, 0.3) is 0 Å². The lowest BCUT2D eigenvalue weighted by atomic mass is 9.93. The van der Waals surface area contributed by atoms with Gasteiger partial charge in [0.15, 0.2) is 5.76 Å². The molecule has 25 heavy (non-hydrogen) atoms. The zero-order valence-corrected chi connectivity index (χ0v) is 15.1. The molecule has 0 amide bonds. The van der Waals surface area contributed by atoms with Crippen molar-refractivity contribution in [3.05, 3.63) is 59.4 Å². The third kappa shape index (κ3) is 3.31. The van der Waals surface area contributed by atoms with Gasteiger partial charge in [0.1, 0.15) is 12.3 Å². The molecule has 0 aliphatic heterocycles.